The van der Waals surface area contributed by atoms with Crippen LogP contribution in [0.2, 0.25) is 0 Å². The van der Waals surface area contributed by atoms with Crippen LogP contribution < -0.4 is 0 Å². The monoisotopic (exact) mass is 330 g/mol. The fraction of sp³-hybridized carbons (Fsp3) is 0.188. The fourth-order valence-electron chi connectivity index (χ4n) is 2.11. The molecule has 2 nitrogen and oxygen atoms in total. The van der Waals surface area contributed by atoms with Gasteiger partial charge in [0.2, 0.25) is 0 Å². The first-order chi connectivity index (χ1) is 10.8. The zero-order valence-corrected chi connectivity index (χ0v) is 11.9. The van der Waals surface area contributed by atoms with Crippen molar-refractivity contribution in [3.63, 3.8) is 0 Å². The number of rotatable bonds is 3. The Hall–Kier alpha value is -2.44. The van der Waals surface area contributed by atoms with E-state index in [9.17, 15) is 26.7 Å². The van der Waals surface area contributed by atoms with Crippen molar-refractivity contribution in [1.82, 2.24) is 0 Å². The summed E-state index contributed by atoms with van der Waals surface area (Å²) in [6.45, 7) is 1.43. The first-order valence-corrected chi connectivity index (χ1v) is 6.58. The van der Waals surface area contributed by atoms with Gasteiger partial charge in [0.05, 0.1) is 17.7 Å². The Labute approximate surface area is 128 Å². The summed E-state index contributed by atoms with van der Waals surface area (Å²) >= 11 is 0. The van der Waals surface area contributed by atoms with Crippen LogP contribution in [0.1, 0.15) is 22.8 Å². The molecule has 0 radical (unpaired) electrons. The minimum absolute atomic E-state index is 0.0574. The summed E-state index contributed by atoms with van der Waals surface area (Å²) in [7, 11) is 0. The second kappa shape index (κ2) is 6.36. The van der Waals surface area contributed by atoms with Crippen molar-refractivity contribution >= 4 is 5.97 Å². The molecule has 2 aromatic carbocycles. The lowest BCUT2D eigenvalue weighted by Crippen LogP contribution is -2.11. The summed E-state index contributed by atoms with van der Waals surface area (Å²) in [4.78, 5) is 11.9. The molecule has 2 aromatic rings. The largest absolute Gasteiger partial charge is 0.462 e. The van der Waals surface area contributed by atoms with Gasteiger partial charge in [-0.05, 0) is 36.2 Å². The molecule has 0 amide bonds. The number of benzene rings is 2. The zero-order chi connectivity index (χ0) is 17.2. The van der Waals surface area contributed by atoms with Crippen molar-refractivity contribution in [2.45, 2.75) is 13.1 Å². The molecule has 0 N–H and O–H groups in total. The number of carbonyl (C=O) groups excluding carboxylic acids is 1. The lowest BCUT2D eigenvalue weighted by molar-refractivity contribution is -0.137. The molecule has 0 saturated heterocycles. The second-order valence-corrected chi connectivity index (χ2v) is 4.58. The van der Waals surface area contributed by atoms with Crippen LogP contribution in [0.3, 0.4) is 0 Å². The van der Waals surface area contributed by atoms with Crippen molar-refractivity contribution in [1.29, 1.82) is 0 Å². The number of halogens is 5. The Morgan fingerprint density at radius 1 is 1.04 bits per heavy atom. The fourth-order valence-corrected chi connectivity index (χ4v) is 2.11. The highest BCUT2D eigenvalue weighted by Crippen LogP contribution is 2.38. The van der Waals surface area contributed by atoms with Crippen LogP contribution in [0, 0.1) is 11.6 Å². The first kappa shape index (κ1) is 16.9. The van der Waals surface area contributed by atoms with Gasteiger partial charge in [0.15, 0.2) is 11.6 Å². The molecular weight excluding hydrogens is 319 g/mol. The van der Waals surface area contributed by atoms with Crippen LogP contribution in [0.4, 0.5) is 22.0 Å². The van der Waals surface area contributed by atoms with Crippen LogP contribution in [-0.4, -0.2) is 12.6 Å². The number of hydrogen-bond donors (Lipinski definition) is 0. The van der Waals surface area contributed by atoms with E-state index < -0.39 is 40.5 Å². The number of carbonyl (C=O) groups is 1. The maximum Gasteiger partial charge on any atom is 0.417 e. The molecule has 0 bridgehead atoms. The van der Waals surface area contributed by atoms with Crippen LogP contribution in [0.5, 0.6) is 0 Å². The smallest absolute Gasteiger partial charge is 0.417 e. The van der Waals surface area contributed by atoms with E-state index in [1.54, 1.807) is 0 Å². The quantitative estimate of drug-likeness (QED) is 0.595. The van der Waals surface area contributed by atoms with E-state index in [4.69, 9.17) is 4.74 Å². The topological polar surface area (TPSA) is 26.3 Å². The predicted molar refractivity (Wildman–Crippen MR) is 72.8 cm³/mol. The summed E-state index contributed by atoms with van der Waals surface area (Å²) in [5.41, 5.74) is -2.34. The molecule has 0 fully saturated rings. The highest BCUT2D eigenvalue weighted by Gasteiger charge is 2.34. The van der Waals surface area contributed by atoms with Crippen molar-refractivity contribution < 1.29 is 31.5 Å². The van der Waals surface area contributed by atoms with Gasteiger partial charge in [0, 0.05) is 0 Å². The van der Waals surface area contributed by atoms with E-state index in [2.05, 4.69) is 0 Å². The standard InChI is InChI=1S/C16H11F5O2/c1-2-23-15(22)11-8-14(18)13(17)7-10(11)9-5-3-4-6-12(9)16(19,20)21/h3-8H,2H2,1H3. The number of ether oxygens (including phenoxy) is 1. The summed E-state index contributed by atoms with van der Waals surface area (Å²) in [5, 5.41) is 0. The number of hydrogen-bond acceptors (Lipinski definition) is 2. The average molecular weight is 330 g/mol. The molecule has 122 valence electrons. The van der Waals surface area contributed by atoms with Crippen LogP contribution in [0.25, 0.3) is 11.1 Å². The minimum Gasteiger partial charge on any atom is -0.462 e. The van der Waals surface area contributed by atoms with Gasteiger partial charge in [-0.3, -0.25) is 0 Å². The van der Waals surface area contributed by atoms with Crippen molar-refractivity contribution in [3.8, 4) is 11.1 Å². The Balaban J connectivity index is 2.73. The zero-order valence-electron chi connectivity index (χ0n) is 11.9. The molecular formula is C16H11F5O2. The molecule has 0 atom stereocenters. The van der Waals surface area contributed by atoms with E-state index in [1.807, 2.05) is 0 Å². The highest BCUT2D eigenvalue weighted by atomic mass is 19.4. The highest BCUT2D eigenvalue weighted by molar-refractivity contribution is 5.97. The molecule has 23 heavy (non-hydrogen) atoms. The normalized spacial score (nSPS) is 11.4. The summed E-state index contributed by atoms with van der Waals surface area (Å²) < 4.78 is 71.0. The van der Waals surface area contributed by atoms with Gasteiger partial charge in [0.25, 0.3) is 0 Å². The van der Waals surface area contributed by atoms with Gasteiger partial charge in [-0.1, -0.05) is 18.2 Å². The van der Waals surface area contributed by atoms with Crippen molar-refractivity contribution in [2.24, 2.45) is 0 Å². The third-order valence-electron chi connectivity index (χ3n) is 3.08. The van der Waals surface area contributed by atoms with Gasteiger partial charge in [-0.25, -0.2) is 13.6 Å². The number of alkyl halides is 3. The predicted octanol–water partition coefficient (Wildman–Crippen LogP) is 4.83. The molecule has 0 spiro atoms. The molecule has 0 aromatic heterocycles. The van der Waals surface area contributed by atoms with Crippen molar-refractivity contribution in [3.05, 3.63) is 59.2 Å². The Bertz CT molecular complexity index is 738. The van der Waals surface area contributed by atoms with Gasteiger partial charge in [-0.15, -0.1) is 0 Å². The maximum absolute atomic E-state index is 13.5. The van der Waals surface area contributed by atoms with Gasteiger partial charge >= 0.3 is 12.1 Å². The van der Waals surface area contributed by atoms with Crippen LogP contribution >= 0.6 is 0 Å². The molecule has 7 heteroatoms. The van der Waals surface area contributed by atoms with Gasteiger partial charge < -0.3 is 4.74 Å². The van der Waals surface area contributed by atoms with E-state index in [-0.39, 0.29) is 12.2 Å². The Morgan fingerprint density at radius 2 is 1.65 bits per heavy atom. The summed E-state index contributed by atoms with van der Waals surface area (Å²) in [5.74, 6) is -3.73. The van der Waals surface area contributed by atoms with Gasteiger partial charge in [-0.2, -0.15) is 13.2 Å². The summed E-state index contributed by atoms with van der Waals surface area (Å²) in [6.07, 6.45) is -4.71. The molecule has 2 rings (SSSR count). The van der Waals surface area contributed by atoms with E-state index in [0.717, 1.165) is 18.2 Å². The molecule has 0 aliphatic rings. The first-order valence-electron chi connectivity index (χ1n) is 6.58. The Morgan fingerprint density at radius 3 is 2.26 bits per heavy atom. The molecule has 0 saturated carbocycles. The van der Waals surface area contributed by atoms with Gasteiger partial charge in [0.1, 0.15) is 0 Å². The van der Waals surface area contributed by atoms with E-state index in [0.29, 0.717) is 12.1 Å². The third-order valence-corrected chi connectivity index (χ3v) is 3.08. The minimum atomic E-state index is -4.71. The third kappa shape index (κ3) is 3.49. The molecule has 0 aliphatic carbocycles. The lowest BCUT2D eigenvalue weighted by atomic mass is 9.94. The number of esters is 1. The van der Waals surface area contributed by atoms with Crippen LogP contribution in [0.15, 0.2) is 36.4 Å². The van der Waals surface area contributed by atoms with E-state index >= 15 is 0 Å². The molecule has 0 unspecified atom stereocenters. The second-order valence-electron chi connectivity index (χ2n) is 4.58. The molecule has 0 aliphatic heterocycles. The summed E-state index contributed by atoms with van der Waals surface area (Å²) in [6, 6.07) is 5.45. The SMILES string of the molecule is CCOC(=O)c1cc(F)c(F)cc1-c1ccccc1C(F)(F)F. The Kier molecular flexibility index (Phi) is 4.68. The average Bonchev–Trinajstić information content (AvgIpc) is 2.49. The maximum atomic E-state index is 13.5. The molecule has 0 heterocycles. The lowest BCUT2D eigenvalue weighted by Gasteiger charge is -2.15. The van der Waals surface area contributed by atoms with Crippen LogP contribution in [-0.2, 0) is 10.9 Å². The van der Waals surface area contributed by atoms with Crippen molar-refractivity contribution in [2.75, 3.05) is 6.61 Å². The van der Waals surface area contributed by atoms with E-state index in [1.165, 1.54) is 13.0 Å².